The third-order valence-corrected chi connectivity index (χ3v) is 4.90. The molecule has 1 rings (SSSR count). The van der Waals surface area contributed by atoms with Gasteiger partial charge < -0.3 is 4.90 Å². The van der Waals surface area contributed by atoms with Crippen molar-refractivity contribution in [1.82, 2.24) is 4.90 Å². The van der Waals surface area contributed by atoms with E-state index in [1.807, 2.05) is 0 Å². The fourth-order valence-electron chi connectivity index (χ4n) is 2.11. The molecule has 0 unspecified atom stereocenters. The van der Waals surface area contributed by atoms with E-state index < -0.39 is 9.84 Å². The molecule has 0 spiro atoms. The second-order valence-electron chi connectivity index (χ2n) is 4.68. The number of carbonyl (C=O) groups excluding carboxylic acids is 1. The van der Waals surface area contributed by atoms with Crippen LogP contribution < -0.4 is 0 Å². The van der Waals surface area contributed by atoms with Crippen LogP contribution in [0.2, 0.25) is 0 Å². The predicted octanol–water partition coefficient (Wildman–Crippen LogP) is 1.40. The van der Waals surface area contributed by atoms with Crippen molar-refractivity contribution >= 4 is 15.7 Å². The summed E-state index contributed by atoms with van der Waals surface area (Å²) in [6.45, 7) is 8.27. The van der Waals surface area contributed by atoms with Crippen LogP contribution >= 0.6 is 0 Å². The van der Waals surface area contributed by atoms with Gasteiger partial charge in [-0.15, -0.1) is 13.2 Å². The molecule has 1 aliphatic rings. The number of nitrogens with zero attached hydrogens (tertiary/aromatic N) is 1. The van der Waals surface area contributed by atoms with Crippen molar-refractivity contribution < 1.29 is 13.2 Å². The monoisotopic (exact) mass is 271 g/mol. The molecular formula is C13H21NO3S. The molecule has 0 atom stereocenters. The maximum atomic E-state index is 12.0. The summed E-state index contributed by atoms with van der Waals surface area (Å²) in [6, 6.07) is 0. The van der Waals surface area contributed by atoms with Crippen molar-refractivity contribution in [2.45, 2.75) is 19.3 Å². The van der Waals surface area contributed by atoms with Gasteiger partial charge in [0.05, 0.1) is 11.5 Å². The quantitative estimate of drug-likeness (QED) is 0.686. The molecule has 4 nitrogen and oxygen atoms in total. The van der Waals surface area contributed by atoms with E-state index in [4.69, 9.17) is 0 Å². The summed E-state index contributed by atoms with van der Waals surface area (Å²) in [4.78, 5) is 13.7. The van der Waals surface area contributed by atoms with Gasteiger partial charge in [-0.3, -0.25) is 4.79 Å². The van der Waals surface area contributed by atoms with Crippen LogP contribution in [-0.2, 0) is 14.6 Å². The first kappa shape index (κ1) is 15.0. The zero-order valence-corrected chi connectivity index (χ0v) is 11.5. The van der Waals surface area contributed by atoms with E-state index in [1.165, 1.54) is 0 Å². The van der Waals surface area contributed by atoms with Crippen molar-refractivity contribution in [3.05, 3.63) is 25.3 Å². The van der Waals surface area contributed by atoms with Gasteiger partial charge in [0.15, 0.2) is 0 Å². The Bertz CT molecular complexity index is 390. The maximum absolute atomic E-state index is 12.0. The summed E-state index contributed by atoms with van der Waals surface area (Å²) < 4.78 is 22.6. The first-order chi connectivity index (χ1) is 8.48. The summed E-state index contributed by atoms with van der Waals surface area (Å²) in [5, 5.41) is 0. The van der Waals surface area contributed by atoms with Gasteiger partial charge in [-0.2, -0.15) is 0 Å². The molecule has 0 N–H and O–H groups in total. The van der Waals surface area contributed by atoms with Gasteiger partial charge in [-0.1, -0.05) is 12.2 Å². The van der Waals surface area contributed by atoms with Gasteiger partial charge in [0.25, 0.3) is 0 Å². The molecule has 18 heavy (non-hydrogen) atoms. The first-order valence-corrected chi connectivity index (χ1v) is 8.00. The van der Waals surface area contributed by atoms with Crippen LogP contribution in [0.15, 0.2) is 25.3 Å². The molecule has 0 saturated carbocycles. The summed E-state index contributed by atoms with van der Waals surface area (Å²) in [6.07, 6.45) is 5.00. The highest BCUT2D eigenvalue weighted by Gasteiger charge is 2.26. The van der Waals surface area contributed by atoms with E-state index in [0.717, 1.165) is 0 Å². The van der Waals surface area contributed by atoms with Crippen LogP contribution in [0.5, 0.6) is 0 Å². The van der Waals surface area contributed by atoms with Gasteiger partial charge in [-0.25, -0.2) is 8.42 Å². The SMILES string of the molecule is C=CCN(CC=C)C(=O)CC1CCS(=O)(=O)CC1. The lowest BCUT2D eigenvalue weighted by atomic mass is 9.98. The average Bonchev–Trinajstić information content (AvgIpc) is 2.31. The molecule has 1 amide bonds. The minimum Gasteiger partial charge on any atom is -0.335 e. The third kappa shape index (κ3) is 4.64. The average molecular weight is 271 g/mol. The van der Waals surface area contributed by atoms with E-state index in [-0.39, 0.29) is 23.3 Å². The Hall–Kier alpha value is -1.10. The fraction of sp³-hybridized carbons (Fsp3) is 0.615. The molecule has 1 aliphatic heterocycles. The van der Waals surface area contributed by atoms with E-state index in [1.54, 1.807) is 17.1 Å². The van der Waals surface area contributed by atoms with Crippen LogP contribution in [-0.4, -0.2) is 43.8 Å². The molecule has 1 heterocycles. The number of rotatable bonds is 6. The molecule has 0 aromatic carbocycles. The standard InChI is InChI=1S/C13H21NO3S/c1-3-7-14(8-4-2)13(15)11-12-5-9-18(16,17)10-6-12/h3-4,12H,1-2,5-11H2. The van der Waals surface area contributed by atoms with Gasteiger partial charge in [0.2, 0.25) is 5.91 Å². The molecule has 0 aliphatic carbocycles. The zero-order chi connectivity index (χ0) is 13.6. The Balaban J connectivity index is 2.48. The lowest BCUT2D eigenvalue weighted by Crippen LogP contribution is -2.34. The minimum atomic E-state index is -2.85. The zero-order valence-electron chi connectivity index (χ0n) is 10.7. The molecule has 0 aromatic rings. The highest BCUT2D eigenvalue weighted by molar-refractivity contribution is 7.91. The van der Waals surface area contributed by atoms with Crippen molar-refractivity contribution in [1.29, 1.82) is 0 Å². The van der Waals surface area contributed by atoms with E-state index in [2.05, 4.69) is 13.2 Å². The molecule has 5 heteroatoms. The topological polar surface area (TPSA) is 54.5 Å². The maximum Gasteiger partial charge on any atom is 0.223 e. The largest absolute Gasteiger partial charge is 0.335 e. The molecular weight excluding hydrogens is 250 g/mol. The van der Waals surface area contributed by atoms with Crippen LogP contribution in [0.25, 0.3) is 0 Å². The highest BCUT2D eigenvalue weighted by Crippen LogP contribution is 2.22. The number of hydrogen-bond acceptors (Lipinski definition) is 3. The molecule has 1 saturated heterocycles. The summed E-state index contributed by atoms with van der Waals surface area (Å²) in [7, 11) is -2.85. The summed E-state index contributed by atoms with van der Waals surface area (Å²) in [5.41, 5.74) is 0. The second kappa shape index (κ2) is 6.73. The predicted molar refractivity (Wildman–Crippen MR) is 73.0 cm³/mol. The van der Waals surface area contributed by atoms with E-state index in [0.29, 0.717) is 32.4 Å². The Morgan fingerprint density at radius 1 is 1.17 bits per heavy atom. The molecule has 102 valence electrons. The van der Waals surface area contributed by atoms with Crippen LogP contribution in [0.4, 0.5) is 0 Å². The Kier molecular flexibility index (Phi) is 5.59. The van der Waals surface area contributed by atoms with Crippen molar-refractivity contribution in [2.24, 2.45) is 5.92 Å². The first-order valence-electron chi connectivity index (χ1n) is 6.18. The summed E-state index contributed by atoms with van der Waals surface area (Å²) >= 11 is 0. The lowest BCUT2D eigenvalue weighted by Gasteiger charge is -2.25. The Labute approximate surface area is 109 Å². The van der Waals surface area contributed by atoms with Crippen molar-refractivity contribution in [3.8, 4) is 0 Å². The van der Waals surface area contributed by atoms with Crippen LogP contribution in [0.3, 0.4) is 0 Å². The van der Waals surface area contributed by atoms with Gasteiger partial charge in [0.1, 0.15) is 9.84 Å². The smallest absolute Gasteiger partial charge is 0.223 e. The minimum absolute atomic E-state index is 0.0547. The van der Waals surface area contributed by atoms with Crippen molar-refractivity contribution in [2.75, 3.05) is 24.6 Å². The van der Waals surface area contributed by atoms with Crippen LogP contribution in [0.1, 0.15) is 19.3 Å². The Morgan fingerprint density at radius 3 is 2.11 bits per heavy atom. The number of sulfone groups is 1. The summed E-state index contributed by atoms with van der Waals surface area (Å²) in [5.74, 6) is 0.680. The third-order valence-electron chi connectivity index (χ3n) is 3.19. The molecule has 1 fully saturated rings. The fourth-order valence-corrected chi connectivity index (χ4v) is 3.70. The van der Waals surface area contributed by atoms with E-state index >= 15 is 0 Å². The van der Waals surface area contributed by atoms with E-state index in [9.17, 15) is 13.2 Å². The van der Waals surface area contributed by atoms with Crippen LogP contribution in [0, 0.1) is 5.92 Å². The number of amides is 1. The highest BCUT2D eigenvalue weighted by atomic mass is 32.2. The number of carbonyl (C=O) groups is 1. The normalized spacial score (nSPS) is 19.1. The van der Waals surface area contributed by atoms with Crippen molar-refractivity contribution in [3.63, 3.8) is 0 Å². The molecule has 0 radical (unpaired) electrons. The number of hydrogen-bond donors (Lipinski definition) is 0. The Morgan fingerprint density at radius 2 is 1.67 bits per heavy atom. The second-order valence-corrected chi connectivity index (χ2v) is 6.98. The molecule has 0 aromatic heterocycles. The lowest BCUT2D eigenvalue weighted by molar-refractivity contribution is -0.131. The van der Waals surface area contributed by atoms with Gasteiger partial charge >= 0.3 is 0 Å². The van der Waals surface area contributed by atoms with Gasteiger partial charge in [-0.05, 0) is 18.8 Å². The molecule has 0 bridgehead atoms. The van der Waals surface area contributed by atoms with Gasteiger partial charge in [0, 0.05) is 19.5 Å².